The second-order valence-corrected chi connectivity index (χ2v) is 3.73. The summed E-state index contributed by atoms with van der Waals surface area (Å²) in [7, 11) is 0. The van der Waals surface area contributed by atoms with Crippen LogP contribution in [0.25, 0.3) is 0 Å². The molecule has 0 aromatic rings. The highest BCUT2D eigenvalue weighted by Crippen LogP contribution is 2.52. The van der Waals surface area contributed by atoms with E-state index in [4.69, 9.17) is 0 Å². The van der Waals surface area contributed by atoms with Crippen molar-refractivity contribution in [2.75, 3.05) is 0 Å². The molecule has 0 aromatic carbocycles. The van der Waals surface area contributed by atoms with Crippen LogP contribution in [-0.4, -0.2) is 29.1 Å². The Morgan fingerprint density at radius 1 is 0.611 bits per heavy atom. The Kier molecular flexibility index (Phi) is 4.27. The molecular formula is C5BrF11O. The number of alkyl halides is 12. The summed E-state index contributed by atoms with van der Waals surface area (Å²) in [6.45, 7) is 0. The lowest BCUT2D eigenvalue weighted by atomic mass is 10.3. The van der Waals surface area contributed by atoms with Crippen molar-refractivity contribution in [3.8, 4) is 0 Å². The standard InChI is InChI=1S/C5BrF11O/c6-2(9,4(13,14)15)18-5(16,17)1(7,8)3(10,11)12. The predicted octanol–water partition coefficient (Wildman–Crippen LogP) is 4.37. The van der Waals surface area contributed by atoms with Crippen molar-refractivity contribution in [1.82, 2.24) is 0 Å². The summed E-state index contributed by atoms with van der Waals surface area (Å²) >= 11 is 0.803. The fourth-order valence-corrected chi connectivity index (χ4v) is 0.651. The summed E-state index contributed by atoms with van der Waals surface area (Å²) in [4.78, 5) is 0. The quantitative estimate of drug-likeness (QED) is 0.533. The van der Waals surface area contributed by atoms with Gasteiger partial charge in [-0.2, -0.15) is 48.3 Å². The Labute approximate surface area is 99.0 Å². The fourth-order valence-electron chi connectivity index (χ4n) is 0.448. The lowest BCUT2D eigenvalue weighted by Gasteiger charge is -2.32. The second-order valence-electron chi connectivity index (χ2n) is 2.71. The summed E-state index contributed by atoms with van der Waals surface area (Å²) in [5.41, 5.74) is 0. The average molecular weight is 365 g/mol. The Morgan fingerprint density at radius 3 is 1.17 bits per heavy atom. The third kappa shape index (κ3) is 3.16. The normalized spacial score (nSPS) is 18.7. The summed E-state index contributed by atoms with van der Waals surface area (Å²) in [6, 6.07) is 0. The summed E-state index contributed by atoms with van der Waals surface area (Å²) in [5.74, 6) is -7.02. The predicted molar refractivity (Wildman–Crippen MR) is 35.9 cm³/mol. The Bertz CT molecular complexity index is 302. The van der Waals surface area contributed by atoms with Crippen LogP contribution >= 0.6 is 15.9 Å². The summed E-state index contributed by atoms with van der Waals surface area (Å²) < 4.78 is 127. The molecule has 0 radical (unpaired) electrons. The maximum absolute atomic E-state index is 12.4. The Hall–Kier alpha value is -0.330. The molecule has 0 aromatic heterocycles. The minimum absolute atomic E-state index is 0.803. The molecule has 0 bridgehead atoms. The molecule has 1 unspecified atom stereocenters. The van der Waals surface area contributed by atoms with Gasteiger partial charge in [0.25, 0.3) is 0 Å². The molecule has 0 saturated carbocycles. The van der Waals surface area contributed by atoms with E-state index in [1.165, 1.54) is 0 Å². The van der Waals surface area contributed by atoms with Crippen molar-refractivity contribution in [3.05, 3.63) is 0 Å². The van der Waals surface area contributed by atoms with Crippen LogP contribution in [0, 0.1) is 0 Å². The molecule has 0 heterocycles. The maximum atomic E-state index is 12.4. The van der Waals surface area contributed by atoms with Crippen LogP contribution in [-0.2, 0) is 4.74 Å². The first-order chi connectivity index (χ1) is 7.46. The van der Waals surface area contributed by atoms with Gasteiger partial charge in [0.2, 0.25) is 0 Å². The molecule has 0 rings (SSSR count). The highest BCUT2D eigenvalue weighted by atomic mass is 79.9. The topological polar surface area (TPSA) is 9.23 Å². The van der Waals surface area contributed by atoms with Crippen LogP contribution in [0.2, 0.25) is 0 Å². The molecule has 0 aliphatic carbocycles. The van der Waals surface area contributed by atoms with Crippen molar-refractivity contribution in [2.24, 2.45) is 0 Å². The van der Waals surface area contributed by atoms with Crippen LogP contribution in [0.3, 0.4) is 0 Å². The van der Waals surface area contributed by atoms with Crippen LogP contribution in [0.15, 0.2) is 0 Å². The number of hydrogen-bond donors (Lipinski definition) is 0. The van der Waals surface area contributed by atoms with E-state index in [1.54, 1.807) is 0 Å². The zero-order valence-corrected chi connectivity index (χ0v) is 9.03. The fraction of sp³-hybridized carbons (Fsp3) is 1.00. The van der Waals surface area contributed by atoms with Gasteiger partial charge in [0.05, 0.1) is 0 Å². The summed E-state index contributed by atoms with van der Waals surface area (Å²) in [6.07, 6.45) is -20.0. The average Bonchev–Trinajstić information content (AvgIpc) is 1.96. The van der Waals surface area contributed by atoms with E-state index < -0.39 is 29.1 Å². The monoisotopic (exact) mass is 364 g/mol. The first-order valence-corrected chi connectivity index (χ1v) is 4.22. The number of ether oxygens (including phenoxy) is 1. The smallest absolute Gasteiger partial charge is 0.260 e. The van der Waals surface area contributed by atoms with Crippen LogP contribution in [0.5, 0.6) is 0 Å². The van der Waals surface area contributed by atoms with E-state index in [1.807, 2.05) is 4.74 Å². The van der Waals surface area contributed by atoms with E-state index >= 15 is 0 Å². The van der Waals surface area contributed by atoms with Gasteiger partial charge in [-0.15, -0.1) is 0 Å². The number of rotatable bonds is 3. The van der Waals surface area contributed by atoms with Crippen molar-refractivity contribution >= 4 is 15.9 Å². The first-order valence-electron chi connectivity index (χ1n) is 3.43. The first kappa shape index (κ1) is 17.7. The molecule has 110 valence electrons. The third-order valence-electron chi connectivity index (χ3n) is 1.31. The van der Waals surface area contributed by atoms with Gasteiger partial charge < -0.3 is 0 Å². The van der Waals surface area contributed by atoms with Crippen LogP contribution in [0.1, 0.15) is 0 Å². The zero-order chi connectivity index (χ0) is 15.2. The molecule has 0 N–H and O–H groups in total. The minimum atomic E-state index is -7.02. The van der Waals surface area contributed by atoms with Gasteiger partial charge in [0.1, 0.15) is 0 Å². The molecule has 1 nitrogen and oxygen atoms in total. The zero-order valence-electron chi connectivity index (χ0n) is 7.44. The van der Waals surface area contributed by atoms with Crippen LogP contribution in [0.4, 0.5) is 48.3 Å². The number of halogens is 12. The van der Waals surface area contributed by atoms with Gasteiger partial charge in [-0.25, -0.2) is 0 Å². The SMILES string of the molecule is FC(F)(F)C(F)(Br)OC(F)(F)C(F)(F)C(F)(F)F. The van der Waals surface area contributed by atoms with E-state index in [0.717, 1.165) is 15.9 Å². The molecular weight excluding hydrogens is 365 g/mol. The molecule has 0 amide bonds. The highest BCUT2D eigenvalue weighted by molar-refractivity contribution is 9.10. The molecule has 13 heteroatoms. The van der Waals surface area contributed by atoms with Gasteiger partial charge in [-0.1, -0.05) is 0 Å². The third-order valence-corrected chi connectivity index (χ3v) is 1.92. The minimum Gasteiger partial charge on any atom is -0.260 e. The van der Waals surface area contributed by atoms with Gasteiger partial charge in [0, 0.05) is 0 Å². The van der Waals surface area contributed by atoms with Crippen molar-refractivity contribution in [3.63, 3.8) is 0 Å². The highest BCUT2D eigenvalue weighted by Gasteiger charge is 2.78. The second kappa shape index (κ2) is 4.35. The van der Waals surface area contributed by atoms with Crippen molar-refractivity contribution < 1.29 is 53.0 Å². The van der Waals surface area contributed by atoms with E-state index in [-0.39, 0.29) is 0 Å². The van der Waals surface area contributed by atoms with Crippen molar-refractivity contribution in [2.45, 2.75) is 29.1 Å². The molecule has 0 saturated heterocycles. The summed E-state index contributed by atoms with van der Waals surface area (Å²) in [5, 5.41) is 0. The molecule has 1 atom stereocenters. The molecule has 0 aliphatic rings. The Morgan fingerprint density at radius 2 is 0.944 bits per heavy atom. The van der Waals surface area contributed by atoms with Crippen LogP contribution < -0.4 is 0 Å². The lowest BCUT2D eigenvalue weighted by Crippen LogP contribution is -2.57. The van der Waals surface area contributed by atoms with Crippen molar-refractivity contribution in [1.29, 1.82) is 0 Å². The lowest BCUT2D eigenvalue weighted by molar-refractivity contribution is -0.463. The van der Waals surface area contributed by atoms with E-state index in [9.17, 15) is 48.3 Å². The van der Waals surface area contributed by atoms with E-state index in [2.05, 4.69) is 0 Å². The van der Waals surface area contributed by atoms with Gasteiger partial charge in [0.15, 0.2) is 0 Å². The molecule has 0 fully saturated rings. The van der Waals surface area contributed by atoms with Gasteiger partial charge in [-0.3, -0.25) is 4.74 Å². The maximum Gasteiger partial charge on any atom is 0.462 e. The van der Waals surface area contributed by atoms with Gasteiger partial charge >= 0.3 is 29.1 Å². The largest absolute Gasteiger partial charge is 0.462 e. The van der Waals surface area contributed by atoms with Gasteiger partial charge in [-0.05, 0) is 15.9 Å². The Balaban J connectivity index is 5.33. The molecule has 0 aliphatic heterocycles. The molecule has 18 heavy (non-hydrogen) atoms. The number of hydrogen-bond acceptors (Lipinski definition) is 1. The van der Waals surface area contributed by atoms with E-state index in [0.29, 0.717) is 0 Å². The molecule has 0 spiro atoms.